The summed E-state index contributed by atoms with van der Waals surface area (Å²) < 4.78 is 0. The molecule has 0 aromatic rings. The Hall–Kier alpha value is 0.259. The fourth-order valence-electron chi connectivity index (χ4n) is 1.34. The van der Waals surface area contributed by atoms with E-state index in [1.807, 2.05) is 0 Å². The Morgan fingerprint density at radius 2 is 1.89 bits per heavy atom. The van der Waals surface area contributed by atoms with E-state index in [9.17, 15) is 0 Å². The van der Waals surface area contributed by atoms with Gasteiger partial charge in [-0.2, -0.15) is 0 Å². The predicted molar refractivity (Wildman–Crippen MR) is 42.8 cm³/mol. The van der Waals surface area contributed by atoms with Crippen LogP contribution in [-0.4, -0.2) is 15.0 Å². The van der Waals surface area contributed by atoms with Crippen LogP contribution in [0.1, 0.15) is 32.1 Å². The van der Waals surface area contributed by atoms with E-state index >= 15 is 0 Å². The van der Waals surface area contributed by atoms with Gasteiger partial charge in [0.25, 0.3) is 0 Å². The normalized spacial score (nSPS) is 21.8. The average Bonchev–Trinajstić information content (AvgIpc) is 1.91. The van der Waals surface area contributed by atoms with Crippen LogP contribution >= 0.6 is 0 Å². The Labute approximate surface area is 63.9 Å². The molecule has 0 aliphatic heterocycles. The molecule has 1 heteroatoms. The fraction of sp³-hybridized carbons (Fsp3) is 0.750. The standard InChI is InChI=1S/C8H14Se/c1-2-9-8-6-4-3-5-7-8/h2,8H,1,3-7H2. The summed E-state index contributed by atoms with van der Waals surface area (Å²) in [5.74, 6) is 0. The Morgan fingerprint density at radius 3 is 2.44 bits per heavy atom. The third-order valence-electron chi connectivity index (χ3n) is 1.84. The Balaban J connectivity index is 2.15. The molecule has 1 rings (SSSR count). The molecule has 0 aromatic carbocycles. The molecular formula is C8H14Se. The van der Waals surface area contributed by atoms with Crippen molar-refractivity contribution in [2.24, 2.45) is 0 Å². The third-order valence-corrected chi connectivity index (χ3v) is 4.04. The van der Waals surface area contributed by atoms with E-state index < -0.39 is 0 Å². The molecule has 0 unspecified atom stereocenters. The van der Waals surface area contributed by atoms with Crippen LogP contribution in [0.4, 0.5) is 0 Å². The summed E-state index contributed by atoms with van der Waals surface area (Å²) in [7, 11) is 0. The van der Waals surface area contributed by atoms with E-state index in [1.54, 1.807) is 0 Å². The van der Waals surface area contributed by atoms with Crippen LogP contribution in [0.15, 0.2) is 11.6 Å². The zero-order chi connectivity index (χ0) is 6.53. The van der Waals surface area contributed by atoms with Gasteiger partial charge in [0.05, 0.1) is 0 Å². The summed E-state index contributed by atoms with van der Waals surface area (Å²) in [5.41, 5.74) is 0. The fourth-order valence-corrected chi connectivity index (χ4v) is 3.18. The predicted octanol–water partition coefficient (Wildman–Crippen LogP) is 2.59. The molecule has 0 bridgehead atoms. The summed E-state index contributed by atoms with van der Waals surface area (Å²) in [6, 6.07) is 0. The summed E-state index contributed by atoms with van der Waals surface area (Å²) in [4.78, 5) is 3.17. The molecule has 0 nitrogen and oxygen atoms in total. The summed E-state index contributed by atoms with van der Waals surface area (Å²) in [6.45, 7) is 3.78. The molecule has 0 N–H and O–H groups in total. The van der Waals surface area contributed by atoms with Gasteiger partial charge in [0.15, 0.2) is 0 Å². The summed E-state index contributed by atoms with van der Waals surface area (Å²) in [6.07, 6.45) is 7.38. The Morgan fingerprint density at radius 1 is 1.22 bits per heavy atom. The van der Waals surface area contributed by atoms with Crippen LogP contribution in [-0.2, 0) is 0 Å². The second-order valence-electron chi connectivity index (χ2n) is 2.56. The second-order valence-corrected chi connectivity index (χ2v) is 5.23. The molecule has 1 aliphatic rings. The van der Waals surface area contributed by atoms with Crippen molar-refractivity contribution in [1.82, 2.24) is 0 Å². The topological polar surface area (TPSA) is 0 Å². The van der Waals surface area contributed by atoms with Crippen LogP contribution in [0.25, 0.3) is 0 Å². The molecule has 0 spiro atoms. The molecule has 0 radical (unpaired) electrons. The zero-order valence-electron chi connectivity index (χ0n) is 5.81. The number of hydrogen-bond acceptors (Lipinski definition) is 0. The van der Waals surface area contributed by atoms with E-state index in [0.717, 1.165) is 19.8 Å². The van der Waals surface area contributed by atoms with Crippen LogP contribution in [0.3, 0.4) is 0 Å². The second kappa shape index (κ2) is 4.14. The van der Waals surface area contributed by atoms with Crippen molar-refractivity contribution in [3.05, 3.63) is 11.6 Å². The maximum absolute atomic E-state index is 3.78. The van der Waals surface area contributed by atoms with Crippen molar-refractivity contribution in [3.8, 4) is 0 Å². The van der Waals surface area contributed by atoms with Crippen molar-refractivity contribution < 1.29 is 0 Å². The van der Waals surface area contributed by atoms with Crippen LogP contribution in [0, 0.1) is 0 Å². The first-order valence-corrected chi connectivity index (χ1v) is 5.67. The van der Waals surface area contributed by atoms with Crippen molar-refractivity contribution in [3.63, 3.8) is 0 Å². The maximum atomic E-state index is 3.78. The van der Waals surface area contributed by atoms with Gasteiger partial charge < -0.3 is 0 Å². The minimum absolute atomic E-state index is 0.750. The van der Waals surface area contributed by atoms with Crippen molar-refractivity contribution >= 4 is 15.0 Å². The van der Waals surface area contributed by atoms with E-state index in [-0.39, 0.29) is 0 Å². The molecule has 0 amide bonds. The van der Waals surface area contributed by atoms with Gasteiger partial charge in [-0.25, -0.2) is 0 Å². The van der Waals surface area contributed by atoms with Gasteiger partial charge in [0, 0.05) is 0 Å². The minimum atomic E-state index is 0.750. The Kier molecular flexibility index (Phi) is 3.39. The van der Waals surface area contributed by atoms with Crippen molar-refractivity contribution in [1.29, 1.82) is 0 Å². The first-order valence-electron chi connectivity index (χ1n) is 3.70. The van der Waals surface area contributed by atoms with E-state index in [0.29, 0.717) is 0 Å². The van der Waals surface area contributed by atoms with Gasteiger partial charge in [-0.05, 0) is 0 Å². The molecule has 0 atom stereocenters. The van der Waals surface area contributed by atoms with Crippen LogP contribution < -0.4 is 0 Å². The molecule has 0 aromatic heterocycles. The molecule has 0 saturated heterocycles. The molecule has 52 valence electrons. The molecular weight excluding hydrogens is 175 g/mol. The van der Waals surface area contributed by atoms with Gasteiger partial charge in [-0.15, -0.1) is 0 Å². The SMILES string of the molecule is C=C[Se]C1CCCCC1. The first kappa shape index (κ1) is 7.37. The first-order chi connectivity index (χ1) is 4.43. The van der Waals surface area contributed by atoms with E-state index in [1.165, 1.54) is 32.1 Å². The molecule has 0 heterocycles. The third kappa shape index (κ3) is 2.55. The monoisotopic (exact) mass is 190 g/mol. The van der Waals surface area contributed by atoms with Gasteiger partial charge in [0.2, 0.25) is 0 Å². The van der Waals surface area contributed by atoms with Crippen LogP contribution in [0.5, 0.6) is 0 Å². The average molecular weight is 189 g/mol. The van der Waals surface area contributed by atoms with Gasteiger partial charge >= 0.3 is 63.4 Å². The number of hydrogen-bond donors (Lipinski definition) is 0. The molecule has 1 fully saturated rings. The molecule has 1 aliphatic carbocycles. The zero-order valence-corrected chi connectivity index (χ0v) is 7.52. The van der Waals surface area contributed by atoms with Gasteiger partial charge in [0.1, 0.15) is 0 Å². The van der Waals surface area contributed by atoms with Gasteiger partial charge in [-0.3, -0.25) is 0 Å². The van der Waals surface area contributed by atoms with Crippen LogP contribution in [0.2, 0.25) is 4.82 Å². The number of rotatable bonds is 2. The summed E-state index contributed by atoms with van der Waals surface area (Å²) in [5, 5.41) is 0. The quantitative estimate of drug-likeness (QED) is 0.585. The Bertz CT molecular complexity index is 82.6. The summed E-state index contributed by atoms with van der Waals surface area (Å²) >= 11 is 0.750. The molecule has 1 saturated carbocycles. The molecule has 9 heavy (non-hydrogen) atoms. The van der Waals surface area contributed by atoms with E-state index in [4.69, 9.17) is 0 Å². The van der Waals surface area contributed by atoms with Crippen molar-refractivity contribution in [2.45, 2.75) is 36.9 Å². The van der Waals surface area contributed by atoms with Gasteiger partial charge in [-0.1, -0.05) is 0 Å². The van der Waals surface area contributed by atoms with E-state index in [2.05, 4.69) is 11.6 Å². The van der Waals surface area contributed by atoms with Crippen molar-refractivity contribution in [2.75, 3.05) is 0 Å².